The van der Waals surface area contributed by atoms with Crippen molar-refractivity contribution in [2.75, 3.05) is 0 Å². The Morgan fingerprint density at radius 3 is 2.68 bits per heavy atom. The summed E-state index contributed by atoms with van der Waals surface area (Å²) in [7, 11) is 0. The summed E-state index contributed by atoms with van der Waals surface area (Å²) in [6, 6.07) is 0. The first-order valence-corrected chi connectivity index (χ1v) is 7.52. The Hall–Kier alpha value is -1.16. The third-order valence-corrected chi connectivity index (χ3v) is 5.34. The third kappa shape index (κ3) is 1.38. The molecule has 0 N–H and O–H groups in total. The molecule has 0 aliphatic heterocycles. The van der Waals surface area contributed by atoms with Crippen molar-refractivity contribution in [2.45, 2.75) is 44.1 Å². The van der Waals surface area contributed by atoms with E-state index in [1.54, 1.807) is 0 Å². The lowest BCUT2D eigenvalue weighted by Crippen LogP contribution is -2.59. The van der Waals surface area contributed by atoms with E-state index in [0.717, 1.165) is 35.1 Å². The number of aromatic nitrogens is 4. The quantitative estimate of drug-likeness (QED) is 0.808. The van der Waals surface area contributed by atoms with Crippen LogP contribution in [0.4, 0.5) is 0 Å². The van der Waals surface area contributed by atoms with E-state index in [1.807, 2.05) is 6.20 Å². The highest BCUT2D eigenvalue weighted by Crippen LogP contribution is 2.62. The molecule has 0 atom stereocenters. The summed E-state index contributed by atoms with van der Waals surface area (Å²) in [5.74, 6) is 2.61. The molecular formula is C14H15ClN4. The molecule has 98 valence electrons. The van der Waals surface area contributed by atoms with Crippen LogP contribution >= 0.6 is 11.6 Å². The van der Waals surface area contributed by atoms with Gasteiger partial charge in [-0.25, -0.2) is 14.6 Å². The van der Waals surface area contributed by atoms with Gasteiger partial charge in [0.05, 0.1) is 17.1 Å². The second kappa shape index (κ2) is 3.29. The summed E-state index contributed by atoms with van der Waals surface area (Å²) in [4.78, 5) is 9.19. The van der Waals surface area contributed by atoms with Gasteiger partial charge in [-0.1, -0.05) is 11.6 Å². The SMILES string of the molecule is Clc1nc(CC2CC2)nc2c1cnn2C12CC(C1)C2. The zero-order valence-electron chi connectivity index (χ0n) is 10.6. The van der Waals surface area contributed by atoms with Crippen LogP contribution in [0.3, 0.4) is 0 Å². The van der Waals surface area contributed by atoms with Gasteiger partial charge in [0.1, 0.15) is 11.0 Å². The highest BCUT2D eigenvalue weighted by molar-refractivity contribution is 6.33. The van der Waals surface area contributed by atoms with Crippen molar-refractivity contribution >= 4 is 22.6 Å². The smallest absolute Gasteiger partial charge is 0.163 e. The zero-order valence-corrected chi connectivity index (χ0v) is 11.4. The molecule has 0 saturated heterocycles. The summed E-state index contributed by atoms with van der Waals surface area (Å²) in [5, 5.41) is 6.03. The lowest BCUT2D eigenvalue weighted by Gasteiger charge is -2.61. The van der Waals surface area contributed by atoms with Crippen LogP contribution in [0, 0.1) is 11.8 Å². The van der Waals surface area contributed by atoms with Gasteiger partial charge in [0, 0.05) is 6.42 Å². The lowest BCUT2D eigenvalue weighted by molar-refractivity contribution is -0.0948. The predicted molar refractivity (Wildman–Crippen MR) is 72.1 cm³/mol. The monoisotopic (exact) mass is 274 g/mol. The lowest BCUT2D eigenvalue weighted by atomic mass is 9.50. The van der Waals surface area contributed by atoms with Gasteiger partial charge in [-0.2, -0.15) is 5.10 Å². The van der Waals surface area contributed by atoms with Crippen molar-refractivity contribution in [3.8, 4) is 0 Å². The average molecular weight is 275 g/mol. The molecule has 0 radical (unpaired) electrons. The standard InChI is InChI=1S/C14H15ClN4/c15-12-10-7-16-19(14-4-9(5-14)6-14)13(10)18-11(17-12)3-8-1-2-8/h7-9H,1-6H2. The summed E-state index contributed by atoms with van der Waals surface area (Å²) in [6.45, 7) is 0. The van der Waals surface area contributed by atoms with Gasteiger partial charge in [-0.3, -0.25) is 0 Å². The zero-order chi connectivity index (χ0) is 12.6. The molecule has 4 aliphatic rings. The number of nitrogens with zero attached hydrogens (tertiary/aromatic N) is 4. The van der Waals surface area contributed by atoms with Gasteiger partial charge in [0.15, 0.2) is 5.65 Å². The second-order valence-electron chi connectivity index (χ2n) is 6.57. The van der Waals surface area contributed by atoms with Crippen LogP contribution in [0.25, 0.3) is 11.0 Å². The highest BCUT2D eigenvalue weighted by atomic mass is 35.5. The van der Waals surface area contributed by atoms with E-state index in [-0.39, 0.29) is 5.54 Å². The molecule has 2 heterocycles. The van der Waals surface area contributed by atoms with Crippen molar-refractivity contribution in [2.24, 2.45) is 11.8 Å². The molecule has 6 rings (SSSR count). The van der Waals surface area contributed by atoms with Crippen LogP contribution in [0.5, 0.6) is 0 Å². The molecule has 0 unspecified atom stereocenters. The molecular weight excluding hydrogens is 260 g/mol. The van der Waals surface area contributed by atoms with Crippen LogP contribution in [-0.2, 0) is 12.0 Å². The summed E-state index contributed by atoms with van der Waals surface area (Å²) in [6.07, 6.45) is 9.22. The Bertz CT molecular complexity index is 671. The predicted octanol–water partition coefficient (Wildman–Crippen LogP) is 2.94. The van der Waals surface area contributed by atoms with Gasteiger partial charge in [-0.05, 0) is 43.9 Å². The minimum Gasteiger partial charge on any atom is -0.241 e. The number of halogens is 1. The maximum Gasteiger partial charge on any atom is 0.163 e. The summed E-state index contributed by atoms with van der Waals surface area (Å²) in [5.41, 5.74) is 1.22. The largest absolute Gasteiger partial charge is 0.241 e. The van der Waals surface area contributed by atoms with Crippen molar-refractivity contribution in [3.63, 3.8) is 0 Å². The minimum atomic E-state index is 0.265. The molecule has 4 nitrogen and oxygen atoms in total. The van der Waals surface area contributed by atoms with Crippen molar-refractivity contribution in [1.82, 2.24) is 19.7 Å². The molecule has 4 fully saturated rings. The van der Waals surface area contributed by atoms with Crippen LogP contribution in [0.2, 0.25) is 5.15 Å². The van der Waals surface area contributed by atoms with E-state index >= 15 is 0 Å². The van der Waals surface area contributed by atoms with Crippen molar-refractivity contribution in [1.29, 1.82) is 0 Å². The van der Waals surface area contributed by atoms with Crippen molar-refractivity contribution in [3.05, 3.63) is 17.2 Å². The first-order chi connectivity index (χ1) is 9.23. The first-order valence-electron chi connectivity index (χ1n) is 7.14. The van der Waals surface area contributed by atoms with Crippen LogP contribution in [0.1, 0.15) is 37.9 Å². The Kier molecular flexibility index (Phi) is 1.84. The van der Waals surface area contributed by atoms with E-state index in [0.29, 0.717) is 5.15 Å². The van der Waals surface area contributed by atoms with Crippen molar-refractivity contribution < 1.29 is 0 Å². The number of hydrogen-bond donors (Lipinski definition) is 0. The normalized spacial score (nSPS) is 32.2. The Balaban J connectivity index is 1.65. The molecule has 4 aliphatic carbocycles. The van der Waals surface area contributed by atoms with E-state index in [1.165, 1.54) is 32.1 Å². The minimum absolute atomic E-state index is 0.265. The molecule has 2 bridgehead atoms. The second-order valence-corrected chi connectivity index (χ2v) is 6.93. The Morgan fingerprint density at radius 1 is 1.26 bits per heavy atom. The van der Waals surface area contributed by atoms with Gasteiger partial charge in [-0.15, -0.1) is 0 Å². The first kappa shape index (κ1) is 10.6. The third-order valence-electron chi connectivity index (χ3n) is 5.05. The number of rotatable bonds is 3. The Labute approximate surface area is 116 Å². The van der Waals surface area contributed by atoms with E-state index in [4.69, 9.17) is 16.6 Å². The fraction of sp³-hybridized carbons (Fsp3) is 0.643. The highest BCUT2D eigenvalue weighted by Gasteiger charge is 2.59. The van der Waals surface area contributed by atoms with Crippen LogP contribution in [-0.4, -0.2) is 19.7 Å². The van der Waals surface area contributed by atoms with Crippen LogP contribution < -0.4 is 0 Å². The molecule has 5 heteroatoms. The molecule has 0 amide bonds. The molecule has 0 spiro atoms. The van der Waals surface area contributed by atoms with Gasteiger partial charge in [0.25, 0.3) is 0 Å². The number of hydrogen-bond acceptors (Lipinski definition) is 3. The molecule has 2 aromatic heterocycles. The van der Waals surface area contributed by atoms with Gasteiger partial charge in [0.2, 0.25) is 0 Å². The molecule has 0 aromatic carbocycles. The molecule has 19 heavy (non-hydrogen) atoms. The summed E-state index contributed by atoms with van der Waals surface area (Å²) >= 11 is 6.30. The average Bonchev–Trinajstić information content (AvgIpc) is 2.96. The van der Waals surface area contributed by atoms with E-state index in [2.05, 4.69) is 14.8 Å². The van der Waals surface area contributed by atoms with Crippen LogP contribution in [0.15, 0.2) is 6.20 Å². The fourth-order valence-electron chi connectivity index (χ4n) is 3.63. The maximum atomic E-state index is 6.30. The Morgan fingerprint density at radius 2 is 2.05 bits per heavy atom. The molecule has 4 saturated carbocycles. The summed E-state index contributed by atoms with van der Waals surface area (Å²) < 4.78 is 2.13. The fourth-order valence-corrected chi connectivity index (χ4v) is 3.86. The van der Waals surface area contributed by atoms with Gasteiger partial charge < -0.3 is 0 Å². The van der Waals surface area contributed by atoms with E-state index < -0.39 is 0 Å². The number of fused-ring (bicyclic) bond motifs is 1. The topological polar surface area (TPSA) is 43.6 Å². The van der Waals surface area contributed by atoms with Gasteiger partial charge >= 0.3 is 0 Å². The molecule has 2 aromatic rings. The van der Waals surface area contributed by atoms with E-state index in [9.17, 15) is 0 Å². The maximum absolute atomic E-state index is 6.30.